The zero-order valence-electron chi connectivity index (χ0n) is 19.2. The van der Waals surface area contributed by atoms with E-state index in [2.05, 4.69) is 12.1 Å². The number of carbonyl (C=O) groups is 1. The number of likely N-dealkylation sites (tertiary alicyclic amines) is 1. The average molecular weight is 505 g/mol. The van der Waals surface area contributed by atoms with Crippen molar-refractivity contribution in [1.29, 1.82) is 10.5 Å². The predicted molar refractivity (Wildman–Crippen MR) is 130 cm³/mol. The van der Waals surface area contributed by atoms with Crippen LogP contribution in [0, 0.1) is 28.5 Å². The number of hydrogen-bond acceptors (Lipinski definition) is 6. The Morgan fingerprint density at radius 1 is 1.00 bits per heavy atom. The SMILES string of the molecule is CS(=O)(=O)N(c1cc(F)cc(C(=O)O)c1)C1CN(C(c2ccc(C#N)cc2)c2ccc(C#N)cc2)C1. The highest BCUT2D eigenvalue weighted by atomic mass is 32.2. The third-order valence-electron chi connectivity index (χ3n) is 6.04. The molecule has 3 aromatic rings. The van der Waals surface area contributed by atoms with Crippen molar-refractivity contribution in [3.8, 4) is 12.1 Å². The molecule has 3 aromatic carbocycles. The molecule has 0 amide bonds. The number of sulfonamides is 1. The van der Waals surface area contributed by atoms with Gasteiger partial charge in [0.25, 0.3) is 0 Å². The lowest BCUT2D eigenvalue weighted by Crippen LogP contribution is -2.61. The monoisotopic (exact) mass is 504 g/mol. The maximum Gasteiger partial charge on any atom is 0.335 e. The Labute approximate surface area is 208 Å². The van der Waals surface area contributed by atoms with Gasteiger partial charge in [-0.1, -0.05) is 24.3 Å². The summed E-state index contributed by atoms with van der Waals surface area (Å²) in [5.41, 5.74) is 2.37. The topological polar surface area (TPSA) is 126 Å². The Bertz CT molecular complexity index is 1430. The van der Waals surface area contributed by atoms with Crippen molar-refractivity contribution in [3.63, 3.8) is 0 Å². The van der Waals surface area contributed by atoms with Crippen molar-refractivity contribution in [2.75, 3.05) is 23.7 Å². The van der Waals surface area contributed by atoms with Gasteiger partial charge in [0.15, 0.2) is 0 Å². The van der Waals surface area contributed by atoms with E-state index < -0.39 is 27.9 Å². The largest absolute Gasteiger partial charge is 0.478 e. The van der Waals surface area contributed by atoms with Crippen LogP contribution < -0.4 is 4.31 Å². The third kappa shape index (κ3) is 5.05. The minimum Gasteiger partial charge on any atom is -0.478 e. The number of nitriles is 2. The highest BCUT2D eigenvalue weighted by Crippen LogP contribution is 2.36. The van der Waals surface area contributed by atoms with Crippen molar-refractivity contribution < 1.29 is 22.7 Å². The molecule has 0 aromatic heterocycles. The molecule has 1 N–H and O–H groups in total. The molecule has 36 heavy (non-hydrogen) atoms. The minimum absolute atomic E-state index is 0.0483. The number of hydrogen-bond donors (Lipinski definition) is 1. The van der Waals surface area contributed by atoms with Crippen LogP contribution in [0.1, 0.15) is 38.7 Å². The van der Waals surface area contributed by atoms with Crippen LogP contribution in [0.4, 0.5) is 10.1 Å². The molecule has 1 fully saturated rings. The zero-order valence-corrected chi connectivity index (χ0v) is 20.0. The molecule has 182 valence electrons. The van der Waals surface area contributed by atoms with Crippen LogP contribution in [0.2, 0.25) is 0 Å². The van der Waals surface area contributed by atoms with E-state index in [4.69, 9.17) is 10.5 Å². The molecule has 0 spiro atoms. The van der Waals surface area contributed by atoms with Gasteiger partial charge in [-0.15, -0.1) is 0 Å². The molecule has 0 bridgehead atoms. The van der Waals surface area contributed by atoms with Crippen molar-refractivity contribution in [2.24, 2.45) is 0 Å². The first kappa shape index (κ1) is 24.9. The molecule has 0 unspecified atom stereocenters. The van der Waals surface area contributed by atoms with E-state index in [-0.39, 0.29) is 30.4 Å². The molecule has 1 heterocycles. The van der Waals surface area contributed by atoms with E-state index in [0.717, 1.165) is 39.9 Å². The predicted octanol–water partition coefficient (Wildman–Crippen LogP) is 3.51. The maximum atomic E-state index is 14.2. The van der Waals surface area contributed by atoms with Crippen LogP contribution in [0.5, 0.6) is 0 Å². The Morgan fingerprint density at radius 2 is 1.50 bits per heavy atom. The second kappa shape index (κ2) is 9.78. The lowest BCUT2D eigenvalue weighted by atomic mass is 9.92. The quantitative estimate of drug-likeness (QED) is 0.522. The number of carboxylic acid groups (broad SMARTS) is 1. The molecule has 8 nitrogen and oxygen atoms in total. The van der Waals surface area contributed by atoms with E-state index in [0.29, 0.717) is 11.1 Å². The summed E-state index contributed by atoms with van der Waals surface area (Å²) in [5, 5.41) is 27.6. The molecule has 10 heteroatoms. The first-order valence-electron chi connectivity index (χ1n) is 10.9. The van der Waals surface area contributed by atoms with Crippen molar-refractivity contribution in [3.05, 3.63) is 100 Å². The third-order valence-corrected chi connectivity index (χ3v) is 7.26. The summed E-state index contributed by atoms with van der Waals surface area (Å²) >= 11 is 0. The smallest absolute Gasteiger partial charge is 0.335 e. The highest BCUT2D eigenvalue weighted by Gasteiger charge is 2.41. The summed E-state index contributed by atoms with van der Waals surface area (Å²) in [7, 11) is -3.86. The van der Waals surface area contributed by atoms with Crippen LogP contribution in [0.15, 0.2) is 66.7 Å². The first-order chi connectivity index (χ1) is 17.1. The molecule has 1 aliphatic heterocycles. The van der Waals surface area contributed by atoms with E-state index in [9.17, 15) is 22.7 Å². The second-order valence-electron chi connectivity index (χ2n) is 8.54. The molecule has 0 radical (unpaired) electrons. The maximum absolute atomic E-state index is 14.2. The number of benzene rings is 3. The van der Waals surface area contributed by atoms with Gasteiger partial charge in [-0.25, -0.2) is 17.6 Å². The standard InChI is InChI=1S/C26H21FN4O4S/c1-36(34,35)31(23-11-21(26(32)33)10-22(27)12-23)24-15-30(16-24)25(19-6-2-17(13-28)3-7-19)20-8-4-18(14-29)5-9-20/h2-12,24-25H,15-16H2,1H3,(H,32,33). The van der Waals surface area contributed by atoms with Crippen LogP contribution in [0.3, 0.4) is 0 Å². The average Bonchev–Trinajstić information content (AvgIpc) is 2.82. The Hall–Kier alpha value is -4.25. The Kier molecular flexibility index (Phi) is 6.75. The van der Waals surface area contributed by atoms with Gasteiger partial charge in [0.05, 0.1) is 52.9 Å². The Morgan fingerprint density at radius 3 is 1.92 bits per heavy atom. The summed E-state index contributed by atoms with van der Waals surface area (Å²) in [6.45, 7) is 0.577. The van der Waals surface area contributed by atoms with E-state index in [1.54, 1.807) is 24.3 Å². The lowest BCUT2D eigenvalue weighted by Gasteiger charge is -2.48. The van der Waals surface area contributed by atoms with Crippen molar-refractivity contribution in [2.45, 2.75) is 12.1 Å². The molecular formula is C26H21FN4O4S. The van der Waals surface area contributed by atoms with Crippen LogP contribution >= 0.6 is 0 Å². The zero-order chi connectivity index (χ0) is 26.0. The Balaban J connectivity index is 1.67. The molecule has 4 rings (SSSR count). The number of carboxylic acids is 1. The highest BCUT2D eigenvalue weighted by molar-refractivity contribution is 7.92. The first-order valence-corrected chi connectivity index (χ1v) is 12.7. The van der Waals surface area contributed by atoms with Crippen LogP contribution in [-0.4, -0.2) is 49.8 Å². The number of halogens is 1. The summed E-state index contributed by atoms with van der Waals surface area (Å²) in [4.78, 5) is 13.4. The summed E-state index contributed by atoms with van der Waals surface area (Å²) in [6.07, 6.45) is 1.000. The van der Waals surface area contributed by atoms with Gasteiger partial charge in [-0.3, -0.25) is 9.21 Å². The lowest BCUT2D eigenvalue weighted by molar-refractivity contribution is 0.0696. The van der Waals surface area contributed by atoms with Gasteiger partial charge in [0.2, 0.25) is 10.0 Å². The molecule has 1 saturated heterocycles. The van der Waals surface area contributed by atoms with Crippen LogP contribution in [-0.2, 0) is 10.0 Å². The molecular weight excluding hydrogens is 483 g/mol. The van der Waals surface area contributed by atoms with Crippen molar-refractivity contribution in [1.82, 2.24) is 4.90 Å². The fourth-order valence-corrected chi connectivity index (χ4v) is 5.60. The molecule has 1 aliphatic rings. The second-order valence-corrected chi connectivity index (χ2v) is 10.4. The number of aromatic carboxylic acids is 1. The summed E-state index contributed by atoms with van der Waals surface area (Å²) < 4.78 is 40.6. The number of rotatable bonds is 7. The van der Waals surface area contributed by atoms with E-state index in [1.807, 2.05) is 29.2 Å². The van der Waals surface area contributed by atoms with Crippen LogP contribution in [0.25, 0.3) is 0 Å². The number of anilines is 1. The van der Waals surface area contributed by atoms with Gasteiger partial charge in [0.1, 0.15) is 5.82 Å². The molecule has 0 aliphatic carbocycles. The normalized spacial score (nSPS) is 14.0. The number of nitrogens with zero attached hydrogens (tertiary/aromatic N) is 4. The fourth-order valence-electron chi connectivity index (χ4n) is 4.44. The molecule has 0 atom stereocenters. The van der Waals surface area contributed by atoms with E-state index >= 15 is 0 Å². The molecule has 0 saturated carbocycles. The van der Waals surface area contributed by atoms with Gasteiger partial charge in [0, 0.05) is 13.1 Å². The summed E-state index contributed by atoms with van der Waals surface area (Å²) in [5.74, 6) is -2.20. The minimum atomic E-state index is -3.86. The van der Waals surface area contributed by atoms with Gasteiger partial charge in [-0.2, -0.15) is 10.5 Å². The fraction of sp³-hybridized carbons (Fsp3) is 0.192. The summed E-state index contributed by atoms with van der Waals surface area (Å²) in [6, 6.07) is 20.4. The van der Waals surface area contributed by atoms with Gasteiger partial charge in [-0.05, 0) is 53.6 Å². The van der Waals surface area contributed by atoms with E-state index in [1.165, 1.54) is 0 Å². The van der Waals surface area contributed by atoms with Gasteiger partial charge < -0.3 is 5.11 Å². The van der Waals surface area contributed by atoms with Gasteiger partial charge >= 0.3 is 5.97 Å². The van der Waals surface area contributed by atoms with Crippen molar-refractivity contribution >= 4 is 21.7 Å².